The summed E-state index contributed by atoms with van der Waals surface area (Å²) in [7, 11) is -3.80. The number of hydrogen-bond donors (Lipinski definition) is 3. The average Bonchev–Trinajstić information content (AvgIpc) is 2.70. The maximum Gasteiger partial charge on any atom is 0.261 e. The van der Waals surface area contributed by atoms with Crippen molar-refractivity contribution >= 4 is 44.8 Å². The Labute approximate surface area is 172 Å². The van der Waals surface area contributed by atoms with Crippen molar-refractivity contribution in [3.63, 3.8) is 0 Å². The fourth-order valence-corrected chi connectivity index (χ4v) is 3.85. The molecule has 0 aromatic heterocycles. The first-order valence-corrected chi connectivity index (χ1v) is 10.2. The summed E-state index contributed by atoms with van der Waals surface area (Å²) in [6.45, 7) is 0. The zero-order valence-electron chi connectivity index (χ0n) is 14.9. The molecule has 0 unspecified atom stereocenters. The van der Waals surface area contributed by atoms with Crippen LogP contribution in [0.4, 0.5) is 11.4 Å². The minimum atomic E-state index is -3.80. The van der Waals surface area contributed by atoms with Gasteiger partial charge >= 0.3 is 0 Å². The molecule has 3 aromatic rings. The fraction of sp³-hybridized carbons (Fsp3) is 0. The van der Waals surface area contributed by atoms with E-state index in [1.54, 1.807) is 30.3 Å². The molecule has 9 heteroatoms. The van der Waals surface area contributed by atoms with Crippen molar-refractivity contribution < 1.29 is 18.0 Å². The first-order chi connectivity index (χ1) is 13.8. The lowest BCUT2D eigenvalue weighted by molar-refractivity contribution is 0.0998. The third kappa shape index (κ3) is 4.92. The molecule has 0 spiro atoms. The normalized spacial score (nSPS) is 10.9. The van der Waals surface area contributed by atoms with E-state index in [0.29, 0.717) is 11.3 Å². The van der Waals surface area contributed by atoms with Gasteiger partial charge in [0.15, 0.2) is 0 Å². The predicted molar refractivity (Wildman–Crippen MR) is 112 cm³/mol. The number of rotatable bonds is 6. The second-order valence-electron chi connectivity index (χ2n) is 6.01. The topological polar surface area (TPSA) is 118 Å². The van der Waals surface area contributed by atoms with E-state index in [1.165, 1.54) is 42.5 Å². The van der Waals surface area contributed by atoms with Gasteiger partial charge in [0.05, 0.1) is 15.6 Å². The highest BCUT2D eigenvalue weighted by molar-refractivity contribution is 7.92. The van der Waals surface area contributed by atoms with E-state index in [4.69, 9.17) is 17.3 Å². The molecule has 0 aliphatic heterocycles. The summed E-state index contributed by atoms with van der Waals surface area (Å²) in [6.07, 6.45) is 0. The lowest BCUT2D eigenvalue weighted by Crippen LogP contribution is -2.15. The van der Waals surface area contributed by atoms with E-state index >= 15 is 0 Å². The third-order valence-electron chi connectivity index (χ3n) is 3.96. The molecular formula is C20H16ClN3O4S. The van der Waals surface area contributed by atoms with E-state index in [2.05, 4.69) is 10.0 Å². The van der Waals surface area contributed by atoms with Gasteiger partial charge in [-0.25, -0.2) is 8.42 Å². The number of sulfonamides is 1. The van der Waals surface area contributed by atoms with Crippen molar-refractivity contribution in [2.75, 3.05) is 10.0 Å². The van der Waals surface area contributed by atoms with Crippen LogP contribution < -0.4 is 15.8 Å². The second kappa shape index (κ2) is 8.34. The molecule has 3 aromatic carbocycles. The van der Waals surface area contributed by atoms with E-state index < -0.39 is 21.8 Å². The molecule has 0 aliphatic rings. The molecule has 0 saturated heterocycles. The molecule has 7 nitrogen and oxygen atoms in total. The second-order valence-corrected chi connectivity index (χ2v) is 8.10. The summed E-state index contributed by atoms with van der Waals surface area (Å²) in [6, 6.07) is 18.1. The first-order valence-electron chi connectivity index (χ1n) is 8.35. The van der Waals surface area contributed by atoms with Crippen LogP contribution in [0.15, 0.2) is 77.7 Å². The minimum Gasteiger partial charge on any atom is -0.366 e. The van der Waals surface area contributed by atoms with Crippen LogP contribution in [0.5, 0.6) is 0 Å². The molecule has 3 rings (SSSR count). The van der Waals surface area contributed by atoms with Crippen LogP contribution in [0.3, 0.4) is 0 Å². The van der Waals surface area contributed by atoms with Gasteiger partial charge in [-0.05, 0) is 54.6 Å². The first kappa shape index (κ1) is 20.4. The van der Waals surface area contributed by atoms with Crippen molar-refractivity contribution in [2.45, 2.75) is 4.90 Å². The monoisotopic (exact) mass is 429 g/mol. The van der Waals surface area contributed by atoms with Crippen LogP contribution >= 0.6 is 11.6 Å². The number of benzene rings is 3. The number of nitrogens with one attached hydrogen (secondary N) is 2. The zero-order valence-corrected chi connectivity index (χ0v) is 16.5. The molecule has 0 aliphatic carbocycles. The largest absolute Gasteiger partial charge is 0.366 e. The summed E-state index contributed by atoms with van der Waals surface area (Å²) in [5, 5.41) is 2.73. The van der Waals surface area contributed by atoms with E-state index in [0.717, 1.165) is 0 Å². The molecule has 0 saturated carbocycles. The minimum absolute atomic E-state index is 0.0706. The highest BCUT2D eigenvalue weighted by Gasteiger charge is 2.16. The summed E-state index contributed by atoms with van der Waals surface area (Å²) < 4.78 is 27.2. The van der Waals surface area contributed by atoms with Gasteiger partial charge in [-0.2, -0.15) is 0 Å². The Morgan fingerprint density at radius 2 is 1.48 bits per heavy atom. The number of carbonyl (C=O) groups is 2. The Morgan fingerprint density at radius 1 is 0.862 bits per heavy atom. The molecule has 4 N–H and O–H groups in total. The standard InChI is InChI=1S/C20H16ClN3O4S/c21-17-12-14(20(26)23-15-9-6-13(7-10-15)19(22)25)8-11-18(17)24-29(27,28)16-4-2-1-3-5-16/h1-12,24H,(H2,22,25)(H,23,26). The Hall–Kier alpha value is -3.36. The van der Waals surface area contributed by atoms with E-state index in [9.17, 15) is 18.0 Å². The van der Waals surface area contributed by atoms with Gasteiger partial charge in [-0.1, -0.05) is 29.8 Å². The highest BCUT2D eigenvalue weighted by Crippen LogP contribution is 2.26. The third-order valence-corrected chi connectivity index (χ3v) is 5.65. The molecule has 0 fully saturated rings. The quantitative estimate of drug-likeness (QED) is 0.555. The summed E-state index contributed by atoms with van der Waals surface area (Å²) in [4.78, 5) is 23.6. The van der Waals surface area contributed by atoms with Crippen molar-refractivity contribution in [1.82, 2.24) is 0 Å². The number of primary amides is 1. The maximum atomic E-state index is 12.4. The summed E-state index contributed by atoms with van der Waals surface area (Å²) in [5.41, 5.74) is 6.35. The lowest BCUT2D eigenvalue weighted by atomic mass is 10.1. The molecule has 0 radical (unpaired) electrons. The molecule has 0 heterocycles. The highest BCUT2D eigenvalue weighted by atomic mass is 35.5. The molecule has 2 amide bonds. The van der Waals surface area contributed by atoms with Crippen molar-refractivity contribution in [2.24, 2.45) is 5.73 Å². The molecule has 0 atom stereocenters. The van der Waals surface area contributed by atoms with Gasteiger partial charge < -0.3 is 11.1 Å². The number of anilines is 2. The number of hydrogen-bond acceptors (Lipinski definition) is 4. The molecule has 148 valence electrons. The molecule has 0 bridgehead atoms. The van der Waals surface area contributed by atoms with Crippen LogP contribution in [-0.4, -0.2) is 20.2 Å². The van der Waals surface area contributed by atoms with Gasteiger partial charge in [0.2, 0.25) is 5.91 Å². The van der Waals surface area contributed by atoms with E-state index in [1.807, 2.05) is 0 Å². The maximum absolute atomic E-state index is 12.4. The van der Waals surface area contributed by atoms with Gasteiger partial charge in [0, 0.05) is 16.8 Å². The van der Waals surface area contributed by atoms with Crippen molar-refractivity contribution in [3.05, 3.63) is 88.9 Å². The van der Waals surface area contributed by atoms with Crippen LogP contribution in [0, 0.1) is 0 Å². The van der Waals surface area contributed by atoms with Crippen LogP contribution in [0.1, 0.15) is 20.7 Å². The Balaban J connectivity index is 1.75. The Kier molecular flexibility index (Phi) is 5.86. The van der Waals surface area contributed by atoms with Gasteiger partial charge in [0.1, 0.15) is 0 Å². The molecule has 29 heavy (non-hydrogen) atoms. The zero-order chi connectivity index (χ0) is 21.0. The fourth-order valence-electron chi connectivity index (χ4n) is 2.46. The van der Waals surface area contributed by atoms with Crippen LogP contribution in [-0.2, 0) is 10.0 Å². The number of amides is 2. The van der Waals surface area contributed by atoms with Crippen molar-refractivity contribution in [1.29, 1.82) is 0 Å². The number of carbonyl (C=O) groups excluding carboxylic acids is 2. The van der Waals surface area contributed by atoms with E-state index in [-0.39, 0.29) is 21.2 Å². The number of halogens is 1. The number of nitrogens with two attached hydrogens (primary N) is 1. The summed E-state index contributed by atoms with van der Waals surface area (Å²) in [5.74, 6) is -1.01. The Morgan fingerprint density at radius 3 is 2.07 bits per heavy atom. The van der Waals surface area contributed by atoms with Gasteiger partial charge in [-0.3, -0.25) is 14.3 Å². The lowest BCUT2D eigenvalue weighted by Gasteiger charge is -2.11. The smallest absolute Gasteiger partial charge is 0.261 e. The van der Waals surface area contributed by atoms with Gasteiger partial charge in [-0.15, -0.1) is 0 Å². The molecular weight excluding hydrogens is 414 g/mol. The Bertz CT molecular complexity index is 1160. The SMILES string of the molecule is NC(=O)c1ccc(NC(=O)c2ccc(NS(=O)(=O)c3ccccc3)c(Cl)c2)cc1. The average molecular weight is 430 g/mol. The summed E-state index contributed by atoms with van der Waals surface area (Å²) >= 11 is 6.17. The van der Waals surface area contributed by atoms with Crippen molar-refractivity contribution in [3.8, 4) is 0 Å². The van der Waals surface area contributed by atoms with Gasteiger partial charge in [0.25, 0.3) is 15.9 Å². The predicted octanol–water partition coefficient (Wildman–Crippen LogP) is 3.49. The van der Waals surface area contributed by atoms with Crippen LogP contribution in [0.25, 0.3) is 0 Å². The van der Waals surface area contributed by atoms with Crippen LogP contribution in [0.2, 0.25) is 5.02 Å².